The van der Waals surface area contributed by atoms with Crippen molar-refractivity contribution in [1.29, 1.82) is 0 Å². The summed E-state index contributed by atoms with van der Waals surface area (Å²) < 4.78 is 43.7. The number of rotatable bonds is 4. The van der Waals surface area contributed by atoms with Crippen molar-refractivity contribution >= 4 is 0 Å². The Hall–Kier alpha value is -0.590. The maximum Gasteiger partial charge on any atom is 0.414 e. The zero-order chi connectivity index (χ0) is 21.9. The summed E-state index contributed by atoms with van der Waals surface area (Å²) in [4.78, 5) is 0. The molecule has 4 aliphatic carbocycles. The van der Waals surface area contributed by atoms with E-state index in [1.807, 2.05) is 6.92 Å². The molecule has 2 N–H and O–H groups in total. The van der Waals surface area contributed by atoms with Crippen LogP contribution in [0, 0.1) is 28.6 Å². The molecule has 0 saturated heterocycles. The number of fused-ring (bicyclic) bond motifs is 5. The second-order valence-electron chi connectivity index (χ2n) is 11.3. The van der Waals surface area contributed by atoms with Crippen molar-refractivity contribution in [1.82, 2.24) is 0 Å². The molecule has 0 spiro atoms. The van der Waals surface area contributed by atoms with Gasteiger partial charge in [0.1, 0.15) is 0 Å². The lowest BCUT2D eigenvalue weighted by molar-refractivity contribution is -0.210. The van der Waals surface area contributed by atoms with Crippen LogP contribution in [0.3, 0.4) is 0 Å². The standard InChI is InChI=1S/C24H37F3O3/c1-21(29)11-12-22(2)15(14-21)4-5-16-17-6-7-20(23(17,3)10-8-18(16)22)30-13-9-19(28)24(25,26)27/h4,16-20,28-29H,5-14H2,1-3H3/t16?,17?,18?,19?,20?,21-,22?,23?/m0/s1. The lowest BCUT2D eigenvalue weighted by Gasteiger charge is -2.58. The Bertz CT molecular complexity index is 688. The van der Waals surface area contributed by atoms with Gasteiger partial charge >= 0.3 is 6.18 Å². The Labute approximate surface area is 178 Å². The number of aliphatic hydroxyl groups is 2. The predicted octanol–water partition coefficient (Wildman–Crippen LogP) is 5.40. The van der Waals surface area contributed by atoms with E-state index in [0.717, 1.165) is 51.4 Å². The molecule has 172 valence electrons. The third-order valence-corrected chi connectivity index (χ3v) is 9.38. The molecule has 4 aliphatic rings. The zero-order valence-electron chi connectivity index (χ0n) is 18.5. The molecule has 3 saturated carbocycles. The molecular formula is C24H37F3O3. The highest BCUT2D eigenvalue weighted by Crippen LogP contribution is 2.65. The lowest BCUT2D eigenvalue weighted by atomic mass is 9.47. The highest BCUT2D eigenvalue weighted by atomic mass is 19.4. The normalized spacial score (nSPS) is 47.1. The largest absolute Gasteiger partial charge is 0.414 e. The fraction of sp³-hybridized carbons (Fsp3) is 0.917. The van der Waals surface area contributed by atoms with Crippen LogP contribution in [0.4, 0.5) is 13.2 Å². The molecule has 3 nitrogen and oxygen atoms in total. The van der Waals surface area contributed by atoms with Gasteiger partial charge in [0.25, 0.3) is 0 Å². The van der Waals surface area contributed by atoms with E-state index in [2.05, 4.69) is 19.9 Å². The Morgan fingerprint density at radius 1 is 1.10 bits per heavy atom. The van der Waals surface area contributed by atoms with Crippen LogP contribution in [-0.4, -0.2) is 40.8 Å². The van der Waals surface area contributed by atoms with Gasteiger partial charge in [-0.15, -0.1) is 0 Å². The average molecular weight is 431 g/mol. The zero-order valence-corrected chi connectivity index (χ0v) is 18.5. The summed E-state index contributed by atoms with van der Waals surface area (Å²) in [7, 11) is 0. The lowest BCUT2D eigenvalue weighted by Crippen LogP contribution is -2.52. The quantitative estimate of drug-likeness (QED) is 0.587. The van der Waals surface area contributed by atoms with Crippen LogP contribution in [0.1, 0.15) is 78.6 Å². The van der Waals surface area contributed by atoms with Gasteiger partial charge < -0.3 is 14.9 Å². The monoisotopic (exact) mass is 430 g/mol. The van der Waals surface area contributed by atoms with Crippen molar-refractivity contribution < 1.29 is 28.1 Å². The van der Waals surface area contributed by atoms with Gasteiger partial charge in [-0.05, 0) is 86.9 Å². The molecule has 8 atom stereocenters. The molecule has 6 heteroatoms. The molecule has 0 aromatic rings. The molecule has 0 aromatic carbocycles. The smallest absolute Gasteiger partial charge is 0.390 e. The Balaban J connectivity index is 1.44. The van der Waals surface area contributed by atoms with E-state index in [0.29, 0.717) is 17.8 Å². The predicted molar refractivity (Wildman–Crippen MR) is 109 cm³/mol. The van der Waals surface area contributed by atoms with E-state index in [1.54, 1.807) is 0 Å². The molecule has 0 radical (unpaired) electrons. The van der Waals surface area contributed by atoms with Gasteiger partial charge in [-0.2, -0.15) is 13.2 Å². The van der Waals surface area contributed by atoms with Gasteiger partial charge in [0, 0.05) is 13.0 Å². The minimum Gasteiger partial charge on any atom is -0.390 e. The van der Waals surface area contributed by atoms with E-state index < -0.39 is 24.3 Å². The van der Waals surface area contributed by atoms with Crippen LogP contribution < -0.4 is 0 Å². The maximum atomic E-state index is 12.6. The second kappa shape index (κ2) is 7.48. The number of halogens is 3. The van der Waals surface area contributed by atoms with Gasteiger partial charge in [-0.3, -0.25) is 0 Å². The Morgan fingerprint density at radius 2 is 1.83 bits per heavy atom. The average Bonchev–Trinajstić information content (AvgIpc) is 2.98. The second-order valence-corrected chi connectivity index (χ2v) is 11.3. The molecule has 7 unspecified atom stereocenters. The molecule has 0 amide bonds. The first-order chi connectivity index (χ1) is 13.9. The summed E-state index contributed by atoms with van der Waals surface area (Å²) in [6, 6.07) is 0. The Kier molecular flexibility index (Phi) is 5.64. The van der Waals surface area contributed by atoms with E-state index in [1.165, 1.54) is 5.57 Å². The topological polar surface area (TPSA) is 49.7 Å². The molecule has 0 aromatic heterocycles. The van der Waals surface area contributed by atoms with E-state index in [-0.39, 0.29) is 23.5 Å². The molecule has 4 rings (SSSR count). The summed E-state index contributed by atoms with van der Waals surface area (Å²) in [5, 5.41) is 19.8. The fourth-order valence-corrected chi connectivity index (χ4v) is 7.52. The van der Waals surface area contributed by atoms with Gasteiger partial charge in [0.05, 0.1) is 11.7 Å². The van der Waals surface area contributed by atoms with Crippen LogP contribution in [0.5, 0.6) is 0 Å². The first kappa shape index (κ1) is 22.6. The molecular weight excluding hydrogens is 393 g/mol. The number of alkyl halides is 3. The van der Waals surface area contributed by atoms with E-state index in [9.17, 15) is 23.4 Å². The first-order valence-corrected chi connectivity index (χ1v) is 11.7. The van der Waals surface area contributed by atoms with Crippen molar-refractivity contribution in [3.63, 3.8) is 0 Å². The molecule has 0 aliphatic heterocycles. The number of hydrogen-bond acceptors (Lipinski definition) is 3. The fourth-order valence-electron chi connectivity index (χ4n) is 7.52. The van der Waals surface area contributed by atoms with E-state index in [4.69, 9.17) is 4.74 Å². The third-order valence-electron chi connectivity index (χ3n) is 9.38. The van der Waals surface area contributed by atoms with Gasteiger partial charge in [0.15, 0.2) is 6.10 Å². The summed E-state index contributed by atoms with van der Waals surface area (Å²) in [6.07, 6.45) is 2.95. The first-order valence-electron chi connectivity index (χ1n) is 11.7. The molecule has 0 bridgehead atoms. The van der Waals surface area contributed by atoms with Crippen LogP contribution in [0.2, 0.25) is 0 Å². The van der Waals surface area contributed by atoms with Crippen LogP contribution >= 0.6 is 0 Å². The van der Waals surface area contributed by atoms with Crippen LogP contribution in [0.15, 0.2) is 11.6 Å². The maximum absolute atomic E-state index is 12.6. The molecule has 3 fully saturated rings. The minimum atomic E-state index is -4.57. The molecule has 30 heavy (non-hydrogen) atoms. The summed E-state index contributed by atoms with van der Waals surface area (Å²) >= 11 is 0. The number of aliphatic hydroxyl groups excluding tert-OH is 1. The molecule has 0 heterocycles. The highest BCUT2D eigenvalue weighted by Gasteiger charge is 2.59. The number of ether oxygens (including phenoxy) is 1. The Morgan fingerprint density at radius 3 is 2.53 bits per heavy atom. The summed E-state index contributed by atoms with van der Waals surface area (Å²) in [6.45, 7) is 6.58. The summed E-state index contributed by atoms with van der Waals surface area (Å²) in [5.74, 6) is 1.75. The SMILES string of the molecule is CC12CC[C@](C)(O)CC1=CCC1C2CCC2(C)C(OCCC(O)C(F)(F)F)CCC12. The highest BCUT2D eigenvalue weighted by molar-refractivity contribution is 5.26. The van der Waals surface area contributed by atoms with Crippen molar-refractivity contribution in [3.8, 4) is 0 Å². The van der Waals surface area contributed by atoms with Crippen molar-refractivity contribution in [3.05, 3.63) is 11.6 Å². The van der Waals surface area contributed by atoms with Crippen molar-refractivity contribution in [2.45, 2.75) is 103 Å². The van der Waals surface area contributed by atoms with Gasteiger partial charge in [-0.1, -0.05) is 25.5 Å². The summed E-state index contributed by atoms with van der Waals surface area (Å²) in [5.41, 5.74) is 1.03. The third kappa shape index (κ3) is 3.75. The van der Waals surface area contributed by atoms with Gasteiger partial charge in [0.2, 0.25) is 0 Å². The van der Waals surface area contributed by atoms with Crippen molar-refractivity contribution in [2.75, 3.05) is 6.61 Å². The number of allylic oxidation sites excluding steroid dienone is 1. The van der Waals surface area contributed by atoms with Gasteiger partial charge in [-0.25, -0.2) is 0 Å². The van der Waals surface area contributed by atoms with E-state index >= 15 is 0 Å². The number of hydrogen-bond donors (Lipinski definition) is 2. The van der Waals surface area contributed by atoms with Crippen LogP contribution in [0.25, 0.3) is 0 Å². The van der Waals surface area contributed by atoms with Crippen molar-refractivity contribution in [2.24, 2.45) is 28.6 Å². The van der Waals surface area contributed by atoms with Crippen LogP contribution in [-0.2, 0) is 4.74 Å². The minimum absolute atomic E-state index is 0.00617.